The topological polar surface area (TPSA) is 202 Å². The third-order valence-corrected chi connectivity index (χ3v) is 8.26. The molecule has 0 bridgehead atoms. The molecule has 0 spiro atoms. The maximum absolute atomic E-state index is 13.1. The monoisotopic (exact) mass is 574 g/mol. The molecule has 1 aliphatic carbocycles. The number of carbonyl (C=O) groups is 2. The lowest BCUT2D eigenvalue weighted by Gasteiger charge is -2.41. The highest BCUT2D eigenvalue weighted by Gasteiger charge is 2.47. The molecule has 0 aromatic carbocycles. The van der Waals surface area contributed by atoms with Gasteiger partial charge in [-0.2, -0.15) is 0 Å². The maximum atomic E-state index is 13.1. The van der Waals surface area contributed by atoms with Crippen molar-refractivity contribution < 1.29 is 63.9 Å². The van der Waals surface area contributed by atoms with E-state index in [1.54, 1.807) is 13.0 Å². The van der Waals surface area contributed by atoms with Crippen LogP contribution >= 0.6 is 0 Å². The van der Waals surface area contributed by atoms with Gasteiger partial charge in [-0.05, 0) is 31.1 Å². The third-order valence-electron chi connectivity index (χ3n) is 8.26. The molecular formula is C27H42O13. The average Bonchev–Trinajstić information content (AvgIpc) is 3.23. The van der Waals surface area contributed by atoms with Gasteiger partial charge in [0.25, 0.3) is 0 Å². The van der Waals surface area contributed by atoms with E-state index < -0.39 is 67.6 Å². The minimum absolute atomic E-state index is 0.0256. The Morgan fingerprint density at radius 2 is 1.85 bits per heavy atom. The van der Waals surface area contributed by atoms with E-state index >= 15 is 0 Å². The van der Waals surface area contributed by atoms with E-state index in [1.165, 1.54) is 7.11 Å². The Kier molecular flexibility index (Phi) is 11.5. The summed E-state index contributed by atoms with van der Waals surface area (Å²) in [5.74, 6) is -2.77. The lowest BCUT2D eigenvalue weighted by molar-refractivity contribution is -0.327. The first-order chi connectivity index (χ1) is 19.0. The first kappa shape index (κ1) is 32.4. The molecule has 13 nitrogen and oxygen atoms in total. The van der Waals surface area contributed by atoms with Crippen molar-refractivity contribution in [2.45, 2.75) is 76.7 Å². The highest BCUT2D eigenvalue weighted by atomic mass is 16.8. The Hall–Kier alpha value is -2.10. The highest BCUT2D eigenvalue weighted by molar-refractivity contribution is 5.90. The van der Waals surface area contributed by atoms with Gasteiger partial charge in [-0.3, -0.25) is 4.79 Å². The van der Waals surface area contributed by atoms with E-state index in [0.29, 0.717) is 12.0 Å². The van der Waals surface area contributed by atoms with Crippen molar-refractivity contribution in [1.82, 2.24) is 0 Å². The number of ether oxygens (including phenoxy) is 5. The molecule has 12 atom stereocenters. The Morgan fingerprint density at radius 3 is 2.45 bits per heavy atom. The second-order valence-corrected chi connectivity index (χ2v) is 10.8. The number of rotatable bonds is 10. The minimum atomic E-state index is -1.69. The quantitative estimate of drug-likeness (QED) is 0.137. The summed E-state index contributed by atoms with van der Waals surface area (Å²) in [6.45, 7) is 4.70. The van der Waals surface area contributed by atoms with Gasteiger partial charge < -0.3 is 54.3 Å². The molecule has 3 aliphatic rings. The van der Waals surface area contributed by atoms with Gasteiger partial charge in [0.15, 0.2) is 6.29 Å². The Bertz CT molecular complexity index is 929. The molecule has 40 heavy (non-hydrogen) atoms. The molecule has 0 aromatic heterocycles. The van der Waals surface area contributed by atoms with Crippen LogP contribution in [0.4, 0.5) is 0 Å². The molecule has 2 heterocycles. The van der Waals surface area contributed by atoms with Gasteiger partial charge in [-0.25, -0.2) is 4.79 Å². The Labute approximate surface area is 232 Å². The summed E-state index contributed by atoms with van der Waals surface area (Å²) in [6, 6.07) is 0. The number of aliphatic hydroxyl groups excluding tert-OH is 6. The van der Waals surface area contributed by atoms with E-state index in [9.17, 15) is 40.2 Å². The number of hydrogen-bond donors (Lipinski definition) is 6. The van der Waals surface area contributed by atoms with Gasteiger partial charge in [0.1, 0.15) is 24.4 Å². The zero-order chi connectivity index (χ0) is 29.7. The van der Waals surface area contributed by atoms with Gasteiger partial charge in [-0.15, -0.1) is 0 Å². The first-order valence-corrected chi connectivity index (χ1v) is 13.5. The summed E-state index contributed by atoms with van der Waals surface area (Å²) in [5, 5.41) is 60.1. The Balaban J connectivity index is 1.75. The number of esters is 2. The molecule has 0 radical (unpaired) electrons. The summed E-state index contributed by atoms with van der Waals surface area (Å²) in [5.41, 5.74) is 0.339. The second kappa shape index (κ2) is 14.2. The van der Waals surface area contributed by atoms with E-state index in [0.717, 1.165) is 6.26 Å². The van der Waals surface area contributed by atoms with Crippen molar-refractivity contribution in [2.75, 3.05) is 26.9 Å². The van der Waals surface area contributed by atoms with Crippen LogP contribution in [-0.2, 0) is 33.3 Å². The Morgan fingerprint density at radius 1 is 1.15 bits per heavy atom. The van der Waals surface area contributed by atoms with E-state index in [-0.39, 0.29) is 48.9 Å². The summed E-state index contributed by atoms with van der Waals surface area (Å²) in [6.07, 6.45) is -6.64. The molecule has 2 fully saturated rings. The van der Waals surface area contributed by atoms with Gasteiger partial charge in [0.2, 0.25) is 6.29 Å². The van der Waals surface area contributed by atoms with Crippen LogP contribution in [0.1, 0.15) is 33.6 Å². The number of allylic oxidation sites excluding steroid dienone is 1. The predicted octanol–water partition coefficient (Wildman–Crippen LogP) is -1.03. The molecule has 1 saturated carbocycles. The van der Waals surface area contributed by atoms with Crippen molar-refractivity contribution in [3.8, 4) is 0 Å². The van der Waals surface area contributed by atoms with Crippen molar-refractivity contribution in [3.63, 3.8) is 0 Å². The molecular weight excluding hydrogens is 532 g/mol. The van der Waals surface area contributed by atoms with Crippen molar-refractivity contribution in [2.24, 2.45) is 29.6 Å². The summed E-state index contributed by atoms with van der Waals surface area (Å²) < 4.78 is 27.2. The lowest BCUT2D eigenvalue weighted by Crippen LogP contribution is -2.60. The maximum Gasteiger partial charge on any atom is 0.337 e. The van der Waals surface area contributed by atoms with Crippen LogP contribution < -0.4 is 0 Å². The van der Waals surface area contributed by atoms with Crippen LogP contribution in [0.2, 0.25) is 0 Å². The van der Waals surface area contributed by atoms with Crippen LogP contribution in [0, 0.1) is 29.6 Å². The lowest BCUT2D eigenvalue weighted by atomic mass is 9.82. The smallest absolute Gasteiger partial charge is 0.337 e. The third kappa shape index (κ3) is 6.85. The van der Waals surface area contributed by atoms with E-state index in [4.69, 9.17) is 23.7 Å². The molecule has 228 valence electrons. The van der Waals surface area contributed by atoms with Crippen molar-refractivity contribution >= 4 is 11.9 Å². The second-order valence-electron chi connectivity index (χ2n) is 10.8. The standard InChI is InChI=1S/C27H42O13/c1-5-14-15(7-20(31)37-10-16-12(2)6-18(30)21(16)13(3)8-28)17(25(35)36-4)11-38-26(14)40-27-24(34)23(33)22(32)19(9-29)39-27/h5,11-13,15-16,18-19,21-24,26-30,32-34H,6-10H2,1-4H3/b14-5+/t12-,13?,15-,16+,18-,19+,21-,22+,23-,24+,26-,27-/m0/s1. The van der Waals surface area contributed by atoms with Gasteiger partial charge >= 0.3 is 11.9 Å². The molecule has 6 N–H and O–H groups in total. The van der Waals surface area contributed by atoms with Gasteiger partial charge in [0.05, 0.1) is 44.7 Å². The van der Waals surface area contributed by atoms with E-state index in [1.807, 2.05) is 13.8 Å². The predicted molar refractivity (Wildman–Crippen MR) is 136 cm³/mol. The van der Waals surface area contributed by atoms with Crippen molar-refractivity contribution in [3.05, 3.63) is 23.5 Å². The average molecular weight is 575 g/mol. The normalized spacial score (nSPS) is 39.8. The number of methoxy groups -OCH3 is 1. The zero-order valence-electron chi connectivity index (χ0n) is 23.2. The highest BCUT2D eigenvalue weighted by Crippen LogP contribution is 2.42. The summed E-state index contributed by atoms with van der Waals surface area (Å²) in [4.78, 5) is 25.6. The van der Waals surface area contributed by atoms with Crippen LogP contribution in [-0.4, -0.2) is 113 Å². The number of carbonyl (C=O) groups excluding carboxylic acids is 2. The summed E-state index contributed by atoms with van der Waals surface area (Å²) in [7, 11) is 1.18. The molecule has 3 rings (SSSR count). The first-order valence-electron chi connectivity index (χ1n) is 13.5. The molecule has 0 amide bonds. The summed E-state index contributed by atoms with van der Waals surface area (Å²) >= 11 is 0. The number of hydrogen-bond acceptors (Lipinski definition) is 13. The fraction of sp³-hybridized carbons (Fsp3) is 0.778. The molecule has 0 aromatic rings. The SMILES string of the molecule is C/C=C1/[C@H](O[C@@H]2O[C@H](CO)[C@@H](O)[C@H](O)[C@H]2O)OC=C(C(=O)OC)[C@H]1CC(=O)OC[C@H]1[C@H](C(C)CO)[C@@H](O)C[C@@H]1C. The largest absolute Gasteiger partial charge is 0.468 e. The number of aliphatic hydroxyl groups is 6. The molecule has 1 unspecified atom stereocenters. The molecule has 2 aliphatic heterocycles. The van der Waals surface area contributed by atoms with Crippen LogP contribution in [0.25, 0.3) is 0 Å². The fourth-order valence-electron chi connectivity index (χ4n) is 5.92. The molecule has 1 saturated heterocycles. The van der Waals surface area contributed by atoms with Crippen LogP contribution in [0.15, 0.2) is 23.5 Å². The van der Waals surface area contributed by atoms with Gasteiger partial charge in [0, 0.05) is 24.0 Å². The zero-order valence-corrected chi connectivity index (χ0v) is 23.2. The molecule has 13 heteroatoms. The van der Waals surface area contributed by atoms with Crippen molar-refractivity contribution in [1.29, 1.82) is 0 Å². The van der Waals surface area contributed by atoms with E-state index in [2.05, 4.69) is 0 Å². The van der Waals surface area contributed by atoms with Crippen LogP contribution in [0.3, 0.4) is 0 Å². The van der Waals surface area contributed by atoms with Gasteiger partial charge in [-0.1, -0.05) is 19.9 Å². The minimum Gasteiger partial charge on any atom is -0.468 e. The van der Waals surface area contributed by atoms with Crippen LogP contribution in [0.5, 0.6) is 0 Å². The fourth-order valence-corrected chi connectivity index (χ4v) is 5.92.